The van der Waals surface area contributed by atoms with Crippen LogP contribution < -0.4 is 5.73 Å². The molecule has 0 spiro atoms. The first-order chi connectivity index (χ1) is 6.43. The average Bonchev–Trinajstić information content (AvgIpc) is 2.09. The fourth-order valence-corrected chi connectivity index (χ4v) is 0.751. The van der Waals surface area contributed by atoms with E-state index in [2.05, 4.69) is 9.98 Å². The molecule has 1 aromatic heterocycles. The minimum Gasteiger partial charge on any atom is -0.387 e. The summed E-state index contributed by atoms with van der Waals surface area (Å²) in [6, 6.07) is 0. The Morgan fingerprint density at radius 2 is 1.57 bits per heavy atom. The quantitative estimate of drug-likeness (QED) is 0.329. The van der Waals surface area contributed by atoms with E-state index < -0.39 is 29.2 Å². The predicted octanol–water partition coefficient (Wildman–Crippen LogP) is 1.65. The number of hydrogen-bond donors (Lipinski definition) is 1. The Labute approximate surface area is 76.3 Å². The van der Waals surface area contributed by atoms with Gasteiger partial charge >= 0.3 is 0 Å². The first kappa shape index (κ1) is 10.4. The van der Waals surface area contributed by atoms with Crippen molar-refractivity contribution in [3.63, 3.8) is 0 Å². The molecule has 0 bridgehead atoms. The standard InChI is InChI=1S/C7H5F4N3/c1-2(12)13-5-3(8)6(10)14-7(11)4(5)9/h1H3,(H2,12,13,14). The second kappa shape index (κ2) is 3.60. The molecule has 1 rings (SSSR count). The Kier molecular flexibility index (Phi) is 2.68. The summed E-state index contributed by atoms with van der Waals surface area (Å²) in [7, 11) is 0. The second-order valence-electron chi connectivity index (χ2n) is 2.42. The molecule has 0 atom stereocenters. The van der Waals surface area contributed by atoms with E-state index >= 15 is 0 Å². The van der Waals surface area contributed by atoms with Crippen LogP contribution in [-0.4, -0.2) is 10.8 Å². The van der Waals surface area contributed by atoms with Crippen LogP contribution in [0.2, 0.25) is 0 Å². The SMILES string of the molecule is CC(N)=Nc1c(F)c(F)nc(F)c1F. The molecule has 14 heavy (non-hydrogen) atoms. The zero-order valence-electron chi connectivity index (χ0n) is 6.98. The molecule has 0 aromatic carbocycles. The van der Waals surface area contributed by atoms with Gasteiger partial charge in [-0.05, 0) is 6.92 Å². The number of aromatic nitrogens is 1. The first-order valence-electron chi connectivity index (χ1n) is 3.44. The Bertz CT molecular complexity index is 372. The molecule has 0 saturated carbocycles. The lowest BCUT2D eigenvalue weighted by Crippen LogP contribution is -2.06. The summed E-state index contributed by atoms with van der Waals surface area (Å²) in [4.78, 5) is 5.45. The van der Waals surface area contributed by atoms with Crippen molar-refractivity contribution in [3.8, 4) is 0 Å². The lowest BCUT2D eigenvalue weighted by molar-refractivity contribution is 0.410. The molecule has 0 aliphatic rings. The number of halogens is 4. The van der Waals surface area contributed by atoms with Crippen molar-refractivity contribution in [1.29, 1.82) is 0 Å². The Morgan fingerprint density at radius 1 is 1.14 bits per heavy atom. The lowest BCUT2D eigenvalue weighted by atomic mass is 10.3. The molecule has 0 saturated heterocycles. The summed E-state index contributed by atoms with van der Waals surface area (Å²) < 4.78 is 50.5. The molecule has 0 aliphatic carbocycles. The summed E-state index contributed by atoms with van der Waals surface area (Å²) in [5, 5.41) is 0. The van der Waals surface area contributed by atoms with Gasteiger partial charge in [0.2, 0.25) is 11.6 Å². The van der Waals surface area contributed by atoms with Crippen LogP contribution in [0.5, 0.6) is 0 Å². The summed E-state index contributed by atoms with van der Waals surface area (Å²) in [5.74, 6) is -7.09. The smallest absolute Gasteiger partial charge is 0.254 e. The van der Waals surface area contributed by atoms with E-state index in [1.54, 1.807) is 0 Å². The van der Waals surface area contributed by atoms with Gasteiger partial charge in [0.25, 0.3) is 11.9 Å². The zero-order valence-corrected chi connectivity index (χ0v) is 6.98. The molecule has 0 unspecified atom stereocenters. The second-order valence-corrected chi connectivity index (χ2v) is 2.42. The van der Waals surface area contributed by atoms with Crippen LogP contribution in [0.1, 0.15) is 6.92 Å². The molecule has 76 valence electrons. The van der Waals surface area contributed by atoms with Crippen molar-refractivity contribution in [2.24, 2.45) is 10.7 Å². The minimum absolute atomic E-state index is 0.229. The lowest BCUT2D eigenvalue weighted by Gasteiger charge is -2.00. The number of pyridine rings is 1. The highest BCUT2D eigenvalue weighted by atomic mass is 19.2. The van der Waals surface area contributed by atoms with Crippen LogP contribution in [0.25, 0.3) is 0 Å². The highest BCUT2D eigenvalue weighted by molar-refractivity contribution is 5.80. The summed E-state index contributed by atoms with van der Waals surface area (Å²) >= 11 is 0. The summed E-state index contributed by atoms with van der Waals surface area (Å²) in [6.45, 7) is 1.22. The summed E-state index contributed by atoms with van der Waals surface area (Å²) in [5.41, 5.74) is 3.90. The van der Waals surface area contributed by atoms with E-state index in [-0.39, 0.29) is 5.84 Å². The van der Waals surface area contributed by atoms with Gasteiger partial charge in [-0.15, -0.1) is 0 Å². The monoisotopic (exact) mass is 207 g/mol. The Hall–Kier alpha value is -1.66. The highest BCUT2D eigenvalue weighted by Gasteiger charge is 2.20. The fourth-order valence-electron chi connectivity index (χ4n) is 0.751. The molecule has 1 aromatic rings. The number of nitrogens with zero attached hydrogens (tertiary/aromatic N) is 2. The topological polar surface area (TPSA) is 51.3 Å². The molecule has 0 radical (unpaired) electrons. The van der Waals surface area contributed by atoms with Gasteiger partial charge in [0.15, 0.2) is 0 Å². The Balaban J connectivity index is 3.47. The maximum atomic E-state index is 12.8. The van der Waals surface area contributed by atoms with Crippen molar-refractivity contribution < 1.29 is 17.6 Å². The van der Waals surface area contributed by atoms with Crippen LogP contribution in [-0.2, 0) is 0 Å². The van der Waals surface area contributed by atoms with Crippen LogP contribution in [0, 0.1) is 23.5 Å². The normalized spacial score (nSPS) is 11.9. The van der Waals surface area contributed by atoms with E-state index in [1.165, 1.54) is 6.92 Å². The molecule has 2 N–H and O–H groups in total. The van der Waals surface area contributed by atoms with Crippen molar-refractivity contribution in [1.82, 2.24) is 4.98 Å². The zero-order chi connectivity index (χ0) is 10.9. The predicted molar refractivity (Wildman–Crippen MR) is 41.0 cm³/mol. The van der Waals surface area contributed by atoms with Gasteiger partial charge < -0.3 is 5.73 Å². The molecular weight excluding hydrogens is 202 g/mol. The molecule has 0 fully saturated rings. The van der Waals surface area contributed by atoms with Crippen molar-refractivity contribution in [2.75, 3.05) is 0 Å². The van der Waals surface area contributed by atoms with Gasteiger partial charge in [-0.1, -0.05) is 0 Å². The van der Waals surface area contributed by atoms with Gasteiger partial charge in [0, 0.05) is 0 Å². The van der Waals surface area contributed by atoms with Gasteiger partial charge in [-0.25, -0.2) is 4.99 Å². The van der Waals surface area contributed by atoms with Gasteiger partial charge in [-0.2, -0.15) is 22.5 Å². The van der Waals surface area contributed by atoms with E-state index in [9.17, 15) is 17.6 Å². The molecule has 7 heteroatoms. The molecule has 1 heterocycles. The average molecular weight is 207 g/mol. The number of nitrogens with two attached hydrogens (primary N) is 1. The van der Waals surface area contributed by atoms with Gasteiger partial charge in [0.1, 0.15) is 5.69 Å². The van der Waals surface area contributed by atoms with Crippen LogP contribution in [0.15, 0.2) is 4.99 Å². The van der Waals surface area contributed by atoms with Crippen LogP contribution in [0.4, 0.5) is 23.2 Å². The van der Waals surface area contributed by atoms with Crippen molar-refractivity contribution >= 4 is 11.5 Å². The molecular formula is C7H5F4N3. The fraction of sp³-hybridized carbons (Fsp3) is 0.143. The van der Waals surface area contributed by atoms with Gasteiger partial charge in [0.05, 0.1) is 5.84 Å². The number of aliphatic imine (C=N–C) groups is 1. The third-order valence-electron chi connectivity index (χ3n) is 1.26. The molecule has 3 nitrogen and oxygen atoms in total. The van der Waals surface area contributed by atoms with E-state index in [1.807, 2.05) is 0 Å². The third-order valence-corrected chi connectivity index (χ3v) is 1.26. The highest BCUT2D eigenvalue weighted by Crippen LogP contribution is 2.24. The van der Waals surface area contributed by atoms with Crippen LogP contribution in [0.3, 0.4) is 0 Å². The molecule has 0 amide bonds. The number of amidine groups is 1. The maximum absolute atomic E-state index is 12.8. The minimum atomic E-state index is -1.76. The van der Waals surface area contributed by atoms with E-state index in [4.69, 9.17) is 5.73 Å². The molecule has 0 aliphatic heterocycles. The summed E-state index contributed by atoms with van der Waals surface area (Å²) in [6.07, 6.45) is 0. The number of hydrogen-bond acceptors (Lipinski definition) is 2. The van der Waals surface area contributed by atoms with E-state index in [0.717, 1.165) is 0 Å². The van der Waals surface area contributed by atoms with Gasteiger partial charge in [-0.3, -0.25) is 0 Å². The largest absolute Gasteiger partial charge is 0.387 e. The third kappa shape index (κ3) is 1.81. The Morgan fingerprint density at radius 3 is 1.93 bits per heavy atom. The number of rotatable bonds is 1. The first-order valence-corrected chi connectivity index (χ1v) is 3.44. The van der Waals surface area contributed by atoms with Crippen molar-refractivity contribution in [2.45, 2.75) is 6.92 Å². The van der Waals surface area contributed by atoms with Crippen LogP contribution >= 0.6 is 0 Å². The van der Waals surface area contributed by atoms with E-state index in [0.29, 0.717) is 0 Å². The van der Waals surface area contributed by atoms with Crippen molar-refractivity contribution in [3.05, 3.63) is 23.5 Å². The maximum Gasteiger partial charge on any atom is 0.254 e.